The molecular formula is C30H28N6O2. The highest BCUT2D eigenvalue weighted by Crippen LogP contribution is 2.28. The van der Waals surface area contributed by atoms with E-state index in [9.17, 15) is 9.59 Å². The van der Waals surface area contributed by atoms with Crippen LogP contribution in [0.15, 0.2) is 85.3 Å². The number of hydrogen-bond acceptors (Lipinski definition) is 5. The molecule has 3 aromatic carbocycles. The number of carbonyl (C=O) groups excluding carboxylic acids is 2. The van der Waals surface area contributed by atoms with Gasteiger partial charge in [0.2, 0.25) is 0 Å². The number of fused-ring (bicyclic) bond motifs is 1. The van der Waals surface area contributed by atoms with Gasteiger partial charge in [0.25, 0.3) is 11.8 Å². The van der Waals surface area contributed by atoms with Gasteiger partial charge in [0.05, 0.1) is 5.56 Å². The fourth-order valence-corrected chi connectivity index (χ4v) is 4.31. The quantitative estimate of drug-likeness (QED) is 0.269. The molecule has 0 radical (unpaired) electrons. The summed E-state index contributed by atoms with van der Waals surface area (Å²) in [6.07, 6.45) is 3.16. The Labute approximate surface area is 220 Å². The predicted octanol–water partition coefficient (Wildman–Crippen LogP) is 5.58. The topological polar surface area (TPSA) is 100 Å². The minimum Gasteiger partial charge on any atom is -0.348 e. The number of aryl methyl sites for hydroxylation is 3. The summed E-state index contributed by atoms with van der Waals surface area (Å²) in [4.78, 5) is 30.2. The molecule has 0 atom stereocenters. The highest BCUT2D eigenvalue weighted by Gasteiger charge is 2.18. The zero-order valence-corrected chi connectivity index (χ0v) is 21.4. The first-order valence-corrected chi connectivity index (χ1v) is 12.3. The molecule has 0 bridgehead atoms. The Balaban J connectivity index is 1.38. The molecule has 5 rings (SSSR count). The molecule has 2 heterocycles. The lowest BCUT2D eigenvalue weighted by atomic mass is 10.1. The molecule has 0 aliphatic heterocycles. The van der Waals surface area contributed by atoms with Crippen molar-refractivity contribution in [1.29, 1.82) is 0 Å². The van der Waals surface area contributed by atoms with Crippen molar-refractivity contribution in [2.45, 2.75) is 27.3 Å². The van der Waals surface area contributed by atoms with Crippen molar-refractivity contribution < 1.29 is 9.59 Å². The summed E-state index contributed by atoms with van der Waals surface area (Å²) in [6, 6.07) is 22.9. The van der Waals surface area contributed by atoms with Crippen LogP contribution in [0.5, 0.6) is 0 Å². The maximum absolute atomic E-state index is 13.0. The van der Waals surface area contributed by atoms with Gasteiger partial charge in [-0.25, -0.2) is 9.50 Å². The van der Waals surface area contributed by atoms with Crippen LogP contribution in [0.25, 0.3) is 5.52 Å². The van der Waals surface area contributed by atoms with Gasteiger partial charge in [-0.15, -0.1) is 0 Å². The molecule has 0 aliphatic rings. The number of anilines is 3. The second-order valence-electron chi connectivity index (χ2n) is 9.22. The molecule has 38 heavy (non-hydrogen) atoms. The predicted molar refractivity (Wildman–Crippen MR) is 149 cm³/mol. The Morgan fingerprint density at radius 2 is 1.71 bits per heavy atom. The number of nitrogens with one attached hydrogen (secondary N) is 3. The smallest absolute Gasteiger partial charge is 0.255 e. The fraction of sp³-hybridized carbons (Fsp3) is 0.133. The van der Waals surface area contributed by atoms with Crippen LogP contribution in [0.3, 0.4) is 0 Å². The van der Waals surface area contributed by atoms with E-state index < -0.39 is 0 Å². The maximum Gasteiger partial charge on any atom is 0.255 e. The van der Waals surface area contributed by atoms with Crippen molar-refractivity contribution >= 4 is 34.5 Å². The van der Waals surface area contributed by atoms with E-state index in [1.807, 2.05) is 87.5 Å². The van der Waals surface area contributed by atoms with Gasteiger partial charge in [-0.3, -0.25) is 9.59 Å². The van der Waals surface area contributed by atoms with Gasteiger partial charge in [0.15, 0.2) is 5.82 Å². The number of carbonyl (C=O) groups is 2. The van der Waals surface area contributed by atoms with Gasteiger partial charge in [0, 0.05) is 29.7 Å². The lowest BCUT2D eigenvalue weighted by molar-refractivity contribution is 0.0949. The fourth-order valence-electron chi connectivity index (χ4n) is 4.31. The third-order valence-corrected chi connectivity index (χ3v) is 6.40. The first-order chi connectivity index (χ1) is 18.4. The van der Waals surface area contributed by atoms with Gasteiger partial charge in [-0.2, -0.15) is 5.10 Å². The zero-order chi connectivity index (χ0) is 26.6. The largest absolute Gasteiger partial charge is 0.348 e. The first kappa shape index (κ1) is 24.7. The number of amides is 2. The monoisotopic (exact) mass is 504 g/mol. The van der Waals surface area contributed by atoms with Crippen molar-refractivity contribution in [3.63, 3.8) is 0 Å². The van der Waals surface area contributed by atoms with Crippen LogP contribution >= 0.6 is 0 Å². The maximum atomic E-state index is 13.0. The minimum atomic E-state index is -0.181. The number of nitrogens with zero attached hydrogens (tertiary/aromatic N) is 3. The molecular weight excluding hydrogens is 476 g/mol. The van der Waals surface area contributed by atoms with E-state index in [0.29, 0.717) is 34.7 Å². The average molecular weight is 505 g/mol. The Kier molecular flexibility index (Phi) is 6.86. The van der Waals surface area contributed by atoms with Crippen LogP contribution in [0.4, 0.5) is 17.2 Å². The van der Waals surface area contributed by atoms with Gasteiger partial charge >= 0.3 is 0 Å². The highest BCUT2D eigenvalue weighted by atomic mass is 16.2. The normalized spacial score (nSPS) is 10.8. The van der Waals surface area contributed by atoms with Crippen LogP contribution in [0, 0.1) is 20.8 Å². The summed E-state index contributed by atoms with van der Waals surface area (Å²) >= 11 is 0. The highest BCUT2D eigenvalue weighted by molar-refractivity contribution is 6.04. The SMILES string of the molecule is Cc1cccc(C(=O)Nc2ccc(C)c(Nc3ncnn4cc(C(=O)NCc5ccccc5)c(C)c34)c2)c1. The van der Waals surface area contributed by atoms with Crippen molar-refractivity contribution in [3.05, 3.63) is 119 Å². The van der Waals surface area contributed by atoms with E-state index >= 15 is 0 Å². The Hall–Kier alpha value is -4.98. The third-order valence-electron chi connectivity index (χ3n) is 6.40. The molecule has 5 aromatic rings. The van der Waals surface area contributed by atoms with Crippen LogP contribution in [-0.4, -0.2) is 26.4 Å². The molecule has 2 aromatic heterocycles. The van der Waals surface area contributed by atoms with Gasteiger partial charge in [-0.05, 0) is 61.7 Å². The molecule has 0 saturated carbocycles. The molecule has 190 valence electrons. The minimum absolute atomic E-state index is 0.179. The van der Waals surface area contributed by atoms with Crippen LogP contribution in [0.2, 0.25) is 0 Å². The number of hydrogen-bond donors (Lipinski definition) is 3. The summed E-state index contributed by atoms with van der Waals surface area (Å²) in [5.74, 6) is 0.200. The second-order valence-corrected chi connectivity index (χ2v) is 9.22. The summed E-state index contributed by atoms with van der Waals surface area (Å²) in [5, 5.41) is 13.6. The lowest BCUT2D eigenvalue weighted by Gasteiger charge is -2.13. The summed E-state index contributed by atoms with van der Waals surface area (Å²) in [6.45, 7) is 6.24. The summed E-state index contributed by atoms with van der Waals surface area (Å²) < 4.78 is 1.65. The summed E-state index contributed by atoms with van der Waals surface area (Å²) in [7, 11) is 0. The van der Waals surface area contributed by atoms with E-state index in [4.69, 9.17) is 0 Å². The molecule has 0 spiro atoms. The second kappa shape index (κ2) is 10.6. The van der Waals surface area contributed by atoms with Gasteiger partial charge in [0.1, 0.15) is 11.8 Å². The standard InChI is InChI=1S/C30H28N6O2/c1-19-8-7-11-23(14-19)29(37)34-24-13-12-20(2)26(15-24)35-28-27-21(3)25(17-36(27)33-18-32-28)30(38)31-16-22-9-5-4-6-10-22/h4-15,17-18H,16H2,1-3H3,(H,31,38)(H,34,37)(H,32,33,35). The molecule has 0 fully saturated rings. The molecule has 0 aliphatic carbocycles. The Morgan fingerprint density at radius 3 is 2.50 bits per heavy atom. The molecule has 0 saturated heterocycles. The van der Waals surface area contributed by atoms with E-state index in [1.54, 1.807) is 16.8 Å². The van der Waals surface area contributed by atoms with Crippen LogP contribution in [-0.2, 0) is 6.54 Å². The average Bonchev–Trinajstić information content (AvgIpc) is 3.27. The molecule has 3 N–H and O–H groups in total. The van der Waals surface area contributed by atoms with E-state index in [2.05, 4.69) is 26.0 Å². The molecule has 8 heteroatoms. The molecule has 8 nitrogen and oxygen atoms in total. The zero-order valence-electron chi connectivity index (χ0n) is 21.4. The number of benzene rings is 3. The van der Waals surface area contributed by atoms with E-state index in [0.717, 1.165) is 27.9 Å². The number of rotatable bonds is 7. The molecule has 2 amide bonds. The Morgan fingerprint density at radius 1 is 0.895 bits per heavy atom. The van der Waals surface area contributed by atoms with Gasteiger partial charge in [-0.1, -0.05) is 54.1 Å². The lowest BCUT2D eigenvalue weighted by Crippen LogP contribution is -2.22. The van der Waals surface area contributed by atoms with Crippen LogP contribution < -0.4 is 16.0 Å². The van der Waals surface area contributed by atoms with Crippen LogP contribution in [0.1, 0.15) is 43.0 Å². The summed E-state index contributed by atoms with van der Waals surface area (Å²) in [5.41, 5.74) is 7.04. The van der Waals surface area contributed by atoms with Crippen molar-refractivity contribution in [2.24, 2.45) is 0 Å². The number of aromatic nitrogens is 3. The Bertz CT molecular complexity index is 1640. The van der Waals surface area contributed by atoms with Crippen molar-refractivity contribution in [2.75, 3.05) is 10.6 Å². The third kappa shape index (κ3) is 5.24. The van der Waals surface area contributed by atoms with Crippen molar-refractivity contribution in [3.8, 4) is 0 Å². The molecule has 0 unspecified atom stereocenters. The van der Waals surface area contributed by atoms with Crippen molar-refractivity contribution in [1.82, 2.24) is 19.9 Å². The van der Waals surface area contributed by atoms with E-state index in [-0.39, 0.29) is 11.8 Å². The first-order valence-electron chi connectivity index (χ1n) is 12.3. The van der Waals surface area contributed by atoms with Gasteiger partial charge < -0.3 is 16.0 Å². The van der Waals surface area contributed by atoms with E-state index in [1.165, 1.54) is 6.33 Å².